The molecule has 0 radical (unpaired) electrons. The molecule has 0 bridgehead atoms. The molecule has 120 valence electrons. The molecule has 0 spiro atoms. The molecular formula is C13H16F6NP. The average molecular weight is 331 g/mol. The minimum absolute atomic E-state index is 0.574. The number of hydrogen-bond donors (Lipinski definition) is 0. The Bertz CT molecular complexity index is 637. The van der Waals surface area contributed by atoms with E-state index in [0.717, 1.165) is 0 Å². The molecule has 1 heterocycles. The van der Waals surface area contributed by atoms with Crippen molar-refractivity contribution in [2.45, 2.75) is 19.8 Å². The number of aryl methyl sites for hydroxylation is 1. The summed E-state index contributed by atoms with van der Waals surface area (Å²) in [4.78, 5) is 0. The summed E-state index contributed by atoms with van der Waals surface area (Å²) < 4.78 is 61.5. The second kappa shape index (κ2) is 4.83. The van der Waals surface area contributed by atoms with Gasteiger partial charge in [0.2, 0.25) is 5.52 Å². The topological polar surface area (TPSA) is 3.88 Å². The Kier molecular flexibility index (Phi) is 4.07. The molecule has 0 saturated carbocycles. The van der Waals surface area contributed by atoms with Gasteiger partial charge in [-0.15, -0.1) is 0 Å². The molecule has 2 rings (SSSR count). The Balaban J connectivity index is 0.000000270. The predicted molar refractivity (Wildman–Crippen MR) is 72.8 cm³/mol. The molecule has 2 aromatic rings. The van der Waals surface area contributed by atoms with Gasteiger partial charge in [0, 0.05) is 23.4 Å². The van der Waals surface area contributed by atoms with Gasteiger partial charge < -0.3 is 0 Å². The van der Waals surface area contributed by atoms with Crippen molar-refractivity contribution in [2.24, 2.45) is 7.05 Å². The monoisotopic (exact) mass is 331 g/mol. The van der Waals surface area contributed by atoms with E-state index in [1.807, 2.05) is 0 Å². The standard InChI is InChI=1S/C13H16N.F6P/c1-10(2)12-9-8-11-6-4-5-7-13(11)14(12)3;1-7(2,3,4,5)6/h4-10H,1-3H3;/q+1;-1. The van der Waals surface area contributed by atoms with Crippen molar-refractivity contribution in [1.82, 2.24) is 0 Å². The fraction of sp³-hybridized carbons (Fsp3) is 0.308. The van der Waals surface area contributed by atoms with Gasteiger partial charge in [0.25, 0.3) is 0 Å². The van der Waals surface area contributed by atoms with Gasteiger partial charge in [-0.25, -0.2) is 0 Å². The molecule has 0 saturated heterocycles. The quantitative estimate of drug-likeness (QED) is 0.334. The summed E-state index contributed by atoms with van der Waals surface area (Å²) in [6.07, 6.45) is 0. The molecule has 0 N–H and O–H groups in total. The molecule has 1 nitrogen and oxygen atoms in total. The zero-order chi connectivity index (χ0) is 16.5. The van der Waals surface area contributed by atoms with Crippen molar-refractivity contribution in [3.05, 3.63) is 42.1 Å². The molecule has 0 unspecified atom stereocenters. The van der Waals surface area contributed by atoms with Gasteiger partial charge in [0.05, 0.1) is 0 Å². The predicted octanol–water partition coefficient (Wildman–Crippen LogP) is 6.17. The summed E-state index contributed by atoms with van der Waals surface area (Å²) in [5.74, 6) is 0.574. The van der Waals surface area contributed by atoms with Crippen molar-refractivity contribution in [1.29, 1.82) is 0 Å². The van der Waals surface area contributed by atoms with Crippen LogP contribution in [0, 0.1) is 0 Å². The minimum atomic E-state index is -10.7. The van der Waals surface area contributed by atoms with E-state index in [9.17, 15) is 25.2 Å². The number of pyridine rings is 1. The second-order valence-electron chi connectivity index (χ2n) is 4.99. The normalized spacial score (nSPS) is 15.1. The SMILES string of the molecule is CC(C)c1ccc2ccccc2[n+]1C.F[P-](F)(F)(F)(F)F. The van der Waals surface area contributed by atoms with Gasteiger partial charge in [-0.3, -0.25) is 0 Å². The third kappa shape index (κ3) is 7.27. The van der Waals surface area contributed by atoms with E-state index in [2.05, 4.69) is 61.9 Å². The van der Waals surface area contributed by atoms with Gasteiger partial charge >= 0.3 is 33.0 Å². The van der Waals surface area contributed by atoms with Crippen LogP contribution in [0.5, 0.6) is 0 Å². The molecule has 0 aliphatic carbocycles. The number of aromatic nitrogens is 1. The van der Waals surface area contributed by atoms with Gasteiger partial charge in [-0.05, 0) is 12.1 Å². The summed E-state index contributed by atoms with van der Waals surface area (Å²) in [5, 5.41) is 1.31. The van der Waals surface area contributed by atoms with E-state index in [1.54, 1.807) is 0 Å². The maximum absolute atomic E-state index is 10.7. The van der Waals surface area contributed by atoms with Crippen LogP contribution < -0.4 is 4.57 Å². The number of hydrogen-bond acceptors (Lipinski definition) is 0. The van der Waals surface area contributed by atoms with Crippen LogP contribution in [0.25, 0.3) is 10.9 Å². The molecule has 0 amide bonds. The molecule has 0 aliphatic heterocycles. The van der Waals surface area contributed by atoms with E-state index in [0.29, 0.717) is 5.92 Å². The first kappa shape index (κ1) is 17.7. The molecule has 0 aliphatic rings. The molecule has 1 aromatic carbocycles. The van der Waals surface area contributed by atoms with Crippen LogP contribution in [0.2, 0.25) is 0 Å². The Morgan fingerprint density at radius 1 is 0.857 bits per heavy atom. The zero-order valence-electron chi connectivity index (χ0n) is 11.7. The van der Waals surface area contributed by atoms with Crippen LogP contribution in [0.4, 0.5) is 25.2 Å². The molecular weight excluding hydrogens is 315 g/mol. The average Bonchev–Trinajstić information content (AvgIpc) is 2.25. The number of rotatable bonds is 1. The fourth-order valence-corrected chi connectivity index (χ4v) is 1.94. The number of halogens is 6. The van der Waals surface area contributed by atoms with Crippen LogP contribution >= 0.6 is 7.81 Å². The summed E-state index contributed by atoms with van der Waals surface area (Å²) in [7, 11) is -8.52. The van der Waals surface area contributed by atoms with Crippen molar-refractivity contribution < 1.29 is 29.7 Å². The fourth-order valence-electron chi connectivity index (χ4n) is 1.94. The molecule has 21 heavy (non-hydrogen) atoms. The van der Waals surface area contributed by atoms with Gasteiger partial charge in [-0.2, -0.15) is 4.57 Å². The van der Waals surface area contributed by atoms with E-state index < -0.39 is 7.81 Å². The van der Waals surface area contributed by atoms with Crippen LogP contribution in [0.15, 0.2) is 36.4 Å². The third-order valence-electron chi connectivity index (χ3n) is 2.71. The first-order valence-electron chi connectivity index (χ1n) is 6.09. The Morgan fingerprint density at radius 2 is 1.33 bits per heavy atom. The number of fused-ring (bicyclic) bond motifs is 1. The number of benzene rings is 1. The summed E-state index contributed by atoms with van der Waals surface area (Å²) in [6, 6.07) is 12.9. The van der Waals surface area contributed by atoms with E-state index in [1.165, 1.54) is 16.6 Å². The maximum atomic E-state index is 9.87. The van der Waals surface area contributed by atoms with E-state index in [-0.39, 0.29) is 0 Å². The van der Waals surface area contributed by atoms with Crippen LogP contribution in [0.1, 0.15) is 25.5 Å². The van der Waals surface area contributed by atoms with Gasteiger partial charge in [0.1, 0.15) is 7.05 Å². The zero-order valence-corrected chi connectivity index (χ0v) is 12.6. The van der Waals surface area contributed by atoms with Crippen molar-refractivity contribution in [3.8, 4) is 0 Å². The summed E-state index contributed by atoms with van der Waals surface area (Å²) in [6.45, 7) is 4.45. The molecule has 0 fully saturated rings. The van der Waals surface area contributed by atoms with Crippen molar-refractivity contribution in [3.63, 3.8) is 0 Å². The van der Waals surface area contributed by atoms with Crippen LogP contribution in [-0.4, -0.2) is 0 Å². The molecule has 1 aromatic heterocycles. The van der Waals surface area contributed by atoms with Crippen molar-refractivity contribution in [2.75, 3.05) is 0 Å². The van der Waals surface area contributed by atoms with Gasteiger partial charge in [0.15, 0.2) is 5.69 Å². The number of nitrogens with zero attached hydrogens (tertiary/aromatic N) is 1. The van der Waals surface area contributed by atoms with E-state index >= 15 is 0 Å². The Morgan fingerprint density at radius 3 is 1.81 bits per heavy atom. The first-order chi connectivity index (χ1) is 9.15. The van der Waals surface area contributed by atoms with Crippen LogP contribution in [-0.2, 0) is 7.05 Å². The molecule has 8 heteroatoms. The first-order valence-corrected chi connectivity index (χ1v) is 8.12. The van der Waals surface area contributed by atoms with E-state index in [4.69, 9.17) is 0 Å². The number of para-hydroxylation sites is 1. The second-order valence-corrected chi connectivity index (χ2v) is 6.91. The third-order valence-corrected chi connectivity index (χ3v) is 2.71. The Hall–Kier alpha value is -1.36. The van der Waals surface area contributed by atoms with Gasteiger partial charge in [-0.1, -0.05) is 26.0 Å². The Labute approximate surface area is 118 Å². The summed E-state index contributed by atoms with van der Waals surface area (Å²) >= 11 is 0. The van der Waals surface area contributed by atoms with Crippen molar-refractivity contribution >= 4 is 18.7 Å². The van der Waals surface area contributed by atoms with Crippen LogP contribution in [0.3, 0.4) is 0 Å². The summed E-state index contributed by atoms with van der Waals surface area (Å²) in [5.41, 5.74) is 2.68. The molecule has 0 atom stereocenters.